The Morgan fingerprint density at radius 2 is 0.571 bits per heavy atom. The van der Waals surface area contributed by atoms with Crippen LogP contribution in [-0.2, 0) is 25.3 Å². The topological polar surface area (TPSA) is 46.5 Å². The molecule has 0 aromatic heterocycles. The Labute approximate surface area is 272 Å². The Morgan fingerprint density at radius 1 is 0.381 bits per heavy atom. The molecule has 0 unspecified atom stereocenters. The second-order valence-corrected chi connectivity index (χ2v) is 14.8. The van der Waals surface area contributed by atoms with Gasteiger partial charge in [-0.3, -0.25) is 0 Å². The van der Waals surface area contributed by atoms with Crippen LogP contribution in [0.15, 0.2) is 0 Å². The van der Waals surface area contributed by atoms with E-state index in [1.807, 2.05) is 0 Å². The van der Waals surface area contributed by atoms with Gasteiger partial charge in [-0.2, -0.15) is 0 Å². The summed E-state index contributed by atoms with van der Waals surface area (Å²) in [6.45, 7) is 6.85. The molecule has 0 aliphatic carbocycles. The van der Waals surface area contributed by atoms with E-state index in [1.165, 1.54) is 180 Å². The third-order valence-electron chi connectivity index (χ3n) is 9.51. The fraction of sp³-hybridized carbons (Fsp3) is 1.00. The fourth-order valence-corrected chi connectivity index (χ4v) is 7.75. The van der Waals surface area contributed by atoms with Crippen molar-refractivity contribution >= 4 is 0 Å². The van der Waals surface area contributed by atoms with Crippen LogP contribution >= 0.6 is 0 Å². The normalized spacial score (nSPS) is 11.9. The molecule has 1 N–H and O–H groups in total. The number of hydrogen-bond acceptors (Lipinski definition) is 2. The molecule has 0 radical (unpaired) electrons. The molecule has 0 saturated heterocycles. The zero-order chi connectivity index (χ0) is 30.8. The van der Waals surface area contributed by atoms with Crippen molar-refractivity contribution in [2.75, 3.05) is 0 Å². The Balaban J connectivity index is 4.50. The summed E-state index contributed by atoms with van der Waals surface area (Å²) in [6, 6.07) is 0. The molecule has 0 rings (SSSR count). The fourth-order valence-electron chi connectivity index (χ4n) is 6.69. The molecule has 0 heterocycles. The summed E-state index contributed by atoms with van der Waals surface area (Å²) in [5, 5.41) is 0. The van der Waals surface area contributed by atoms with Crippen LogP contribution in [0.1, 0.15) is 239 Å². The van der Waals surface area contributed by atoms with Gasteiger partial charge in [0.25, 0.3) is 0 Å². The zero-order valence-electron chi connectivity index (χ0n) is 29.3. The van der Waals surface area contributed by atoms with Crippen LogP contribution < -0.4 is 0 Å². The van der Waals surface area contributed by atoms with E-state index in [1.54, 1.807) is 0 Å². The first-order valence-electron chi connectivity index (χ1n) is 19.5. The van der Waals surface area contributed by atoms with Crippen LogP contribution in [-0.4, -0.2) is 9.29 Å². The molecule has 0 aromatic rings. The van der Waals surface area contributed by atoms with Crippen LogP contribution in [0.2, 0.25) is 0 Å². The van der Waals surface area contributed by atoms with Crippen molar-refractivity contribution < 1.29 is 28.9 Å². The molecule has 0 atom stereocenters. The molecule has 0 fully saturated rings. The summed E-state index contributed by atoms with van der Waals surface area (Å²) in [5.41, 5.74) is -0.342. The maximum absolute atomic E-state index is 12.1. The summed E-state index contributed by atoms with van der Waals surface area (Å²) in [7, 11) is 0. The molecule has 4 heteroatoms. The summed E-state index contributed by atoms with van der Waals surface area (Å²) in [5.74, 6) is 0. The Hall–Kier alpha value is 0.434. The van der Waals surface area contributed by atoms with Gasteiger partial charge < -0.3 is 0 Å². The van der Waals surface area contributed by atoms with E-state index in [0.717, 1.165) is 38.5 Å². The van der Waals surface area contributed by atoms with Gasteiger partial charge in [-0.25, -0.2) is 0 Å². The quantitative estimate of drug-likeness (QED) is 0.0553. The van der Waals surface area contributed by atoms with Crippen LogP contribution in [0.5, 0.6) is 0 Å². The van der Waals surface area contributed by atoms with Gasteiger partial charge in [-0.1, -0.05) is 46.5 Å². The summed E-state index contributed by atoms with van der Waals surface area (Å²) < 4.78 is 28.1. The molecule has 3 nitrogen and oxygen atoms in total. The molecular weight excluding hydrogens is 552 g/mol. The van der Waals surface area contributed by atoms with E-state index in [2.05, 4.69) is 20.8 Å². The summed E-state index contributed by atoms with van der Waals surface area (Å²) in [4.78, 5) is 0. The second-order valence-electron chi connectivity index (χ2n) is 13.7. The van der Waals surface area contributed by atoms with Crippen molar-refractivity contribution in [1.29, 1.82) is 0 Å². The van der Waals surface area contributed by atoms with Crippen molar-refractivity contribution in [2.45, 2.75) is 245 Å². The van der Waals surface area contributed by atoms with Crippen LogP contribution in [0.25, 0.3) is 0 Å². The molecule has 0 spiro atoms. The third-order valence-corrected chi connectivity index (χ3v) is 10.5. The van der Waals surface area contributed by atoms with E-state index in [9.17, 15) is 7.01 Å². The molecule has 252 valence electrons. The van der Waals surface area contributed by atoms with Crippen molar-refractivity contribution in [3.63, 3.8) is 0 Å². The Bertz CT molecular complexity index is 514. The van der Waals surface area contributed by atoms with Crippen molar-refractivity contribution in [3.8, 4) is 0 Å². The van der Waals surface area contributed by atoms with Crippen LogP contribution in [0, 0.1) is 0 Å². The van der Waals surface area contributed by atoms with E-state index in [-0.39, 0.29) is 5.60 Å². The average molecular weight is 631 g/mol. The minimum absolute atomic E-state index is 0.342. The first-order valence-corrected chi connectivity index (χ1v) is 21.5. The summed E-state index contributed by atoms with van der Waals surface area (Å²) >= 11 is -3.58. The number of hydrogen-bond donors (Lipinski definition) is 1. The van der Waals surface area contributed by atoms with Gasteiger partial charge in [0.15, 0.2) is 0 Å². The van der Waals surface area contributed by atoms with E-state index in [0.29, 0.717) is 0 Å². The Morgan fingerprint density at radius 3 is 0.762 bits per heavy atom. The monoisotopic (exact) mass is 631 g/mol. The van der Waals surface area contributed by atoms with Crippen molar-refractivity contribution in [2.24, 2.45) is 0 Å². The van der Waals surface area contributed by atoms with Gasteiger partial charge in [0.1, 0.15) is 0 Å². The minimum atomic E-state index is -3.58. The van der Waals surface area contributed by atoms with Gasteiger partial charge in [0.05, 0.1) is 0 Å². The Kier molecular flexibility index (Phi) is 34.7. The van der Waals surface area contributed by atoms with E-state index < -0.39 is 18.6 Å². The number of unbranched alkanes of at least 4 members (excludes halogenated alkanes) is 28. The first kappa shape index (κ1) is 42.4. The SMILES string of the molecule is CCCCCCCCCCCCCC(CCCCCCCCCCCC)(CCCCCCCCCCCC)[O][Ti](=[O])[OH]. The maximum atomic E-state index is 12.1. The standard InChI is InChI=1S/C38H77O.H2O.O.Ti/c1-4-7-10-13-16-19-22-25-28-31-34-37-38(39,35-32-29-26-23-20-17-14-11-8-5-2)36-33-30-27-24-21-18-15-12-9-6-3;;;/h4-37H2,1-3H3;1H2;;/q-1;;;+2/p-1. The molecule has 42 heavy (non-hydrogen) atoms. The molecule has 0 amide bonds. The van der Waals surface area contributed by atoms with Crippen LogP contribution in [0.4, 0.5) is 0 Å². The zero-order valence-corrected chi connectivity index (χ0v) is 30.9. The summed E-state index contributed by atoms with van der Waals surface area (Å²) in [6.07, 6.45) is 44.3. The number of rotatable bonds is 36. The molecule has 0 aliphatic rings. The van der Waals surface area contributed by atoms with Gasteiger partial charge in [-0.05, 0) is 0 Å². The van der Waals surface area contributed by atoms with Crippen molar-refractivity contribution in [1.82, 2.24) is 0 Å². The van der Waals surface area contributed by atoms with E-state index >= 15 is 0 Å². The predicted molar refractivity (Wildman–Crippen MR) is 181 cm³/mol. The predicted octanol–water partition coefficient (Wildman–Crippen LogP) is 13.9. The molecule has 0 aromatic carbocycles. The van der Waals surface area contributed by atoms with Gasteiger partial charge in [-0.15, -0.1) is 0 Å². The van der Waals surface area contributed by atoms with E-state index in [4.69, 9.17) is 3.32 Å². The van der Waals surface area contributed by atoms with Gasteiger partial charge in [0.2, 0.25) is 0 Å². The molecule has 0 aliphatic heterocycles. The molecule has 0 bridgehead atoms. The van der Waals surface area contributed by atoms with Gasteiger partial charge >= 0.3 is 227 Å². The second kappa shape index (κ2) is 34.3. The van der Waals surface area contributed by atoms with Crippen LogP contribution in [0.3, 0.4) is 0 Å². The molecule has 0 saturated carbocycles. The first-order chi connectivity index (χ1) is 20.6. The van der Waals surface area contributed by atoms with Gasteiger partial charge in [0, 0.05) is 0 Å². The molecular formula is C38H78O3Ti. The average Bonchev–Trinajstić information content (AvgIpc) is 2.97. The third kappa shape index (κ3) is 30.5. The van der Waals surface area contributed by atoms with Crippen molar-refractivity contribution in [3.05, 3.63) is 0 Å².